The van der Waals surface area contributed by atoms with E-state index in [-0.39, 0.29) is 12.5 Å². The van der Waals surface area contributed by atoms with Gasteiger partial charge in [0.1, 0.15) is 5.75 Å². The Kier molecular flexibility index (Phi) is 5.39. The monoisotopic (exact) mass is 332 g/mol. The van der Waals surface area contributed by atoms with E-state index in [0.29, 0.717) is 10.6 Å². The summed E-state index contributed by atoms with van der Waals surface area (Å²) in [6, 6.07) is 7.42. The van der Waals surface area contributed by atoms with E-state index in [9.17, 15) is 9.59 Å². The van der Waals surface area contributed by atoms with E-state index in [0.717, 1.165) is 21.6 Å². The van der Waals surface area contributed by atoms with E-state index in [1.807, 2.05) is 45.9 Å². The lowest BCUT2D eigenvalue weighted by atomic mass is 10.1. The molecule has 0 aliphatic rings. The summed E-state index contributed by atoms with van der Waals surface area (Å²) in [4.78, 5) is 25.3. The largest absolute Gasteiger partial charge is 0.484 e. The molecule has 0 fully saturated rings. The topological polar surface area (TPSA) is 67.4 Å². The number of hydrogen-bond acceptors (Lipinski definition) is 4. The molecule has 2 aromatic rings. The number of thiophene rings is 1. The standard InChI is InChI=1S/C17H20N2O3S/c1-10-5-6-14(7-11(10)2)22-9-16(20)18-19-17(21)15-8-12(3)13(4)23-15/h5-8H,9H2,1-4H3,(H,18,20)(H,19,21). The molecule has 6 heteroatoms. The summed E-state index contributed by atoms with van der Waals surface area (Å²) in [7, 11) is 0. The van der Waals surface area contributed by atoms with Crippen LogP contribution in [0.5, 0.6) is 5.75 Å². The van der Waals surface area contributed by atoms with E-state index >= 15 is 0 Å². The fraction of sp³-hybridized carbons (Fsp3) is 0.294. The van der Waals surface area contributed by atoms with E-state index in [1.54, 1.807) is 6.07 Å². The van der Waals surface area contributed by atoms with Crippen LogP contribution in [0.25, 0.3) is 0 Å². The molecular formula is C17H20N2O3S. The van der Waals surface area contributed by atoms with Gasteiger partial charge in [0.2, 0.25) is 0 Å². The second-order valence-corrected chi connectivity index (χ2v) is 6.64. The molecule has 0 spiro atoms. The maximum atomic E-state index is 11.9. The van der Waals surface area contributed by atoms with Crippen LogP contribution in [0, 0.1) is 27.7 Å². The zero-order valence-electron chi connectivity index (χ0n) is 13.6. The molecule has 2 N–H and O–H groups in total. The maximum Gasteiger partial charge on any atom is 0.279 e. The summed E-state index contributed by atoms with van der Waals surface area (Å²) in [5, 5.41) is 0. The van der Waals surface area contributed by atoms with E-state index in [4.69, 9.17) is 4.74 Å². The Morgan fingerprint density at radius 1 is 1.00 bits per heavy atom. The lowest BCUT2D eigenvalue weighted by Crippen LogP contribution is -2.43. The average molecular weight is 332 g/mol. The Balaban J connectivity index is 1.80. The lowest BCUT2D eigenvalue weighted by Gasteiger charge is -2.09. The van der Waals surface area contributed by atoms with Crippen LogP contribution in [0.1, 0.15) is 31.2 Å². The summed E-state index contributed by atoms with van der Waals surface area (Å²) in [5.74, 6) is -0.119. The summed E-state index contributed by atoms with van der Waals surface area (Å²) < 4.78 is 5.40. The molecule has 23 heavy (non-hydrogen) atoms. The second kappa shape index (κ2) is 7.28. The summed E-state index contributed by atoms with van der Waals surface area (Å²) in [5.41, 5.74) is 8.06. The first-order valence-electron chi connectivity index (χ1n) is 7.23. The minimum Gasteiger partial charge on any atom is -0.484 e. The molecule has 1 heterocycles. The number of ether oxygens (including phenoxy) is 1. The van der Waals surface area contributed by atoms with Crippen molar-refractivity contribution in [1.29, 1.82) is 0 Å². The number of rotatable bonds is 4. The number of carbonyl (C=O) groups excluding carboxylic acids is 2. The van der Waals surface area contributed by atoms with Gasteiger partial charge in [-0.3, -0.25) is 20.4 Å². The molecule has 0 bridgehead atoms. The van der Waals surface area contributed by atoms with E-state index in [1.165, 1.54) is 11.3 Å². The number of benzene rings is 1. The van der Waals surface area contributed by atoms with Crippen molar-refractivity contribution in [1.82, 2.24) is 10.9 Å². The minimum atomic E-state index is -0.415. The quantitative estimate of drug-likeness (QED) is 0.846. The fourth-order valence-electron chi connectivity index (χ4n) is 1.86. The molecule has 0 saturated carbocycles. The van der Waals surface area contributed by atoms with Crippen molar-refractivity contribution in [3.05, 3.63) is 50.7 Å². The minimum absolute atomic E-state index is 0.161. The molecule has 122 valence electrons. The Labute approximate surface area is 139 Å². The van der Waals surface area contributed by atoms with E-state index in [2.05, 4.69) is 10.9 Å². The molecule has 0 saturated heterocycles. The van der Waals surface area contributed by atoms with Crippen LogP contribution in [0.3, 0.4) is 0 Å². The Bertz CT molecular complexity index is 718. The molecule has 0 unspecified atom stereocenters. The van der Waals surface area contributed by atoms with E-state index < -0.39 is 5.91 Å². The molecule has 1 aromatic carbocycles. The van der Waals surface area contributed by atoms with Gasteiger partial charge in [-0.05, 0) is 62.6 Å². The van der Waals surface area contributed by atoms with Crippen LogP contribution in [-0.2, 0) is 4.79 Å². The number of carbonyl (C=O) groups is 2. The smallest absolute Gasteiger partial charge is 0.279 e. The molecule has 0 radical (unpaired) electrons. The first-order valence-corrected chi connectivity index (χ1v) is 8.04. The fourth-order valence-corrected chi connectivity index (χ4v) is 2.79. The number of hydrogen-bond donors (Lipinski definition) is 2. The van der Waals surface area contributed by atoms with Crippen LogP contribution in [0.15, 0.2) is 24.3 Å². The lowest BCUT2D eigenvalue weighted by molar-refractivity contribution is -0.123. The Hall–Kier alpha value is -2.34. The summed E-state index contributed by atoms with van der Waals surface area (Å²) in [6.45, 7) is 7.72. The molecular weight excluding hydrogens is 312 g/mol. The number of hydrazine groups is 1. The van der Waals surface area contributed by atoms with Crippen LogP contribution < -0.4 is 15.6 Å². The van der Waals surface area contributed by atoms with Gasteiger partial charge in [0.25, 0.3) is 11.8 Å². The van der Waals surface area contributed by atoms with Crippen molar-refractivity contribution in [2.24, 2.45) is 0 Å². The van der Waals surface area contributed by atoms with Crippen molar-refractivity contribution in [3.8, 4) is 5.75 Å². The van der Waals surface area contributed by atoms with Gasteiger partial charge in [0, 0.05) is 4.88 Å². The van der Waals surface area contributed by atoms with Gasteiger partial charge in [-0.15, -0.1) is 11.3 Å². The summed E-state index contributed by atoms with van der Waals surface area (Å²) >= 11 is 1.39. The van der Waals surface area contributed by atoms with Crippen LogP contribution in [0.2, 0.25) is 0 Å². The first kappa shape index (κ1) is 17.0. The van der Waals surface area contributed by atoms with Crippen molar-refractivity contribution in [2.75, 3.05) is 6.61 Å². The molecule has 1 aromatic heterocycles. The molecule has 2 amide bonds. The highest BCUT2D eigenvalue weighted by Gasteiger charge is 2.11. The van der Waals surface area contributed by atoms with Crippen LogP contribution >= 0.6 is 11.3 Å². The third-order valence-electron chi connectivity index (χ3n) is 3.55. The van der Waals surface area contributed by atoms with Crippen LogP contribution in [-0.4, -0.2) is 18.4 Å². The van der Waals surface area contributed by atoms with Gasteiger partial charge in [-0.2, -0.15) is 0 Å². The van der Waals surface area contributed by atoms with Gasteiger partial charge < -0.3 is 4.74 Å². The second-order valence-electron chi connectivity index (χ2n) is 5.39. The number of amides is 2. The molecule has 0 atom stereocenters. The van der Waals surface area contributed by atoms with Crippen molar-refractivity contribution >= 4 is 23.2 Å². The highest BCUT2D eigenvalue weighted by molar-refractivity contribution is 7.14. The third-order valence-corrected chi connectivity index (χ3v) is 4.70. The molecule has 2 rings (SSSR count). The van der Waals surface area contributed by atoms with Crippen LogP contribution in [0.4, 0.5) is 0 Å². The molecule has 0 aliphatic carbocycles. The molecule has 5 nitrogen and oxygen atoms in total. The Morgan fingerprint density at radius 2 is 1.74 bits per heavy atom. The predicted molar refractivity (Wildman–Crippen MR) is 90.8 cm³/mol. The van der Waals surface area contributed by atoms with Gasteiger partial charge in [0.15, 0.2) is 6.61 Å². The van der Waals surface area contributed by atoms with Gasteiger partial charge >= 0.3 is 0 Å². The number of nitrogens with one attached hydrogen (secondary N) is 2. The molecule has 0 aliphatic heterocycles. The zero-order chi connectivity index (χ0) is 17.0. The average Bonchev–Trinajstić information content (AvgIpc) is 2.85. The van der Waals surface area contributed by atoms with Crippen molar-refractivity contribution in [2.45, 2.75) is 27.7 Å². The maximum absolute atomic E-state index is 11.9. The van der Waals surface area contributed by atoms with Crippen molar-refractivity contribution < 1.29 is 14.3 Å². The highest BCUT2D eigenvalue weighted by atomic mass is 32.1. The Morgan fingerprint density at radius 3 is 2.35 bits per heavy atom. The normalized spacial score (nSPS) is 10.3. The zero-order valence-corrected chi connectivity index (χ0v) is 14.5. The highest BCUT2D eigenvalue weighted by Crippen LogP contribution is 2.20. The summed E-state index contributed by atoms with van der Waals surface area (Å²) in [6.07, 6.45) is 0. The van der Waals surface area contributed by atoms with Gasteiger partial charge in [-0.1, -0.05) is 6.07 Å². The SMILES string of the molecule is Cc1ccc(OCC(=O)NNC(=O)c2cc(C)c(C)s2)cc1C. The van der Waals surface area contributed by atoms with Gasteiger partial charge in [-0.25, -0.2) is 0 Å². The third kappa shape index (κ3) is 4.56. The number of aryl methyl sites for hydroxylation is 4. The van der Waals surface area contributed by atoms with Crippen molar-refractivity contribution in [3.63, 3.8) is 0 Å². The van der Waals surface area contributed by atoms with Gasteiger partial charge in [0.05, 0.1) is 4.88 Å². The first-order chi connectivity index (χ1) is 10.9. The predicted octanol–water partition coefficient (Wildman–Crippen LogP) is 2.82.